The molecule has 0 saturated heterocycles. The first kappa shape index (κ1) is 31.4. The smallest absolute Gasteiger partial charge is 0.261 e. The first-order valence-electron chi connectivity index (χ1n) is 14.7. The Morgan fingerprint density at radius 3 is 1.17 bits per heavy atom. The van der Waals surface area contributed by atoms with Crippen molar-refractivity contribution in [1.29, 1.82) is 5.26 Å². The van der Waals surface area contributed by atoms with E-state index in [9.17, 15) is 5.26 Å². The molecular formula is C37H43NO2Si2. The predicted octanol–water partition coefficient (Wildman–Crippen LogP) is 6.59. The molecule has 4 rings (SSSR count). The highest BCUT2D eigenvalue weighted by molar-refractivity contribution is 7.00. The Kier molecular flexibility index (Phi) is 9.86. The summed E-state index contributed by atoms with van der Waals surface area (Å²) >= 11 is 0. The minimum absolute atomic E-state index is 0.137. The van der Waals surface area contributed by atoms with Gasteiger partial charge in [0.05, 0.1) is 24.9 Å². The Morgan fingerprint density at radius 2 is 0.881 bits per heavy atom. The SMILES string of the molecule is CC(C)(C)[Si](OC/C=C(\C#N)CO[Si](c1ccccc1)(c1ccccc1)C(C)(C)C)(c1ccccc1)c1ccccc1. The molecule has 3 nitrogen and oxygen atoms in total. The van der Waals surface area contributed by atoms with Crippen molar-refractivity contribution >= 4 is 37.4 Å². The molecule has 216 valence electrons. The monoisotopic (exact) mass is 589 g/mol. The quantitative estimate of drug-likeness (QED) is 0.155. The molecule has 0 aliphatic carbocycles. The molecule has 0 radical (unpaired) electrons. The molecule has 0 atom stereocenters. The lowest BCUT2D eigenvalue weighted by Crippen LogP contribution is -2.66. The average Bonchev–Trinajstić information content (AvgIpc) is 2.99. The van der Waals surface area contributed by atoms with Crippen molar-refractivity contribution in [3.63, 3.8) is 0 Å². The van der Waals surface area contributed by atoms with Crippen LogP contribution in [0, 0.1) is 11.3 Å². The molecule has 0 amide bonds. The van der Waals surface area contributed by atoms with Crippen molar-refractivity contribution in [3.05, 3.63) is 133 Å². The molecule has 0 spiro atoms. The lowest BCUT2D eigenvalue weighted by atomic mass is 10.2. The van der Waals surface area contributed by atoms with Gasteiger partial charge in [-0.3, -0.25) is 0 Å². The third-order valence-corrected chi connectivity index (χ3v) is 18.0. The fourth-order valence-electron chi connectivity index (χ4n) is 6.11. The van der Waals surface area contributed by atoms with E-state index in [1.54, 1.807) is 0 Å². The van der Waals surface area contributed by atoms with Gasteiger partial charge in [-0.15, -0.1) is 0 Å². The fourth-order valence-corrected chi connectivity index (χ4v) is 15.1. The summed E-state index contributed by atoms with van der Waals surface area (Å²) in [5, 5.41) is 14.8. The van der Waals surface area contributed by atoms with Crippen LogP contribution < -0.4 is 20.7 Å². The van der Waals surface area contributed by atoms with Crippen LogP contribution in [-0.4, -0.2) is 29.8 Å². The van der Waals surface area contributed by atoms with Crippen molar-refractivity contribution in [2.24, 2.45) is 0 Å². The van der Waals surface area contributed by atoms with Crippen LogP contribution in [0.4, 0.5) is 0 Å². The number of rotatable bonds is 10. The minimum Gasteiger partial charge on any atom is -0.404 e. The molecule has 0 aromatic heterocycles. The lowest BCUT2D eigenvalue weighted by Gasteiger charge is -2.43. The number of benzene rings is 4. The van der Waals surface area contributed by atoms with E-state index in [4.69, 9.17) is 8.85 Å². The third kappa shape index (κ3) is 6.28. The molecule has 0 unspecified atom stereocenters. The highest BCUT2D eigenvalue weighted by Gasteiger charge is 2.51. The molecule has 0 N–H and O–H groups in total. The topological polar surface area (TPSA) is 42.2 Å². The Hall–Kier alpha value is -3.54. The van der Waals surface area contributed by atoms with Crippen LogP contribution in [0.5, 0.6) is 0 Å². The summed E-state index contributed by atoms with van der Waals surface area (Å²) in [6.07, 6.45) is 1.93. The zero-order valence-electron chi connectivity index (χ0n) is 25.8. The molecule has 0 heterocycles. The van der Waals surface area contributed by atoms with E-state index in [0.717, 1.165) is 0 Å². The largest absolute Gasteiger partial charge is 0.404 e. The summed E-state index contributed by atoms with van der Waals surface area (Å²) in [5.74, 6) is 0. The van der Waals surface area contributed by atoms with Gasteiger partial charge >= 0.3 is 0 Å². The maximum Gasteiger partial charge on any atom is 0.261 e. The number of nitrogens with zero attached hydrogens (tertiary/aromatic N) is 1. The van der Waals surface area contributed by atoms with Gasteiger partial charge in [0.2, 0.25) is 0 Å². The summed E-state index contributed by atoms with van der Waals surface area (Å²) in [4.78, 5) is 0. The lowest BCUT2D eigenvalue weighted by molar-refractivity contribution is 0.323. The highest BCUT2D eigenvalue weighted by atomic mass is 28.4. The van der Waals surface area contributed by atoms with Crippen molar-refractivity contribution in [2.75, 3.05) is 13.2 Å². The zero-order valence-corrected chi connectivity index (χ0v) is 27.8. The Balaban J connectivity index is 1.69. The maximum atomic E-state index is 10.3. The molecule has 0 bridgehead atoms. The van der Waals surface area contributed by atoms with E-state index in [0.29, 0.717) is 12.2 Å². The highest BCUT2D eigenvalue weighted by Crippen LogP contribution is 2.38. The van der Waals surface area contributed by atoms with Gasteiger partial charge in [0.15, 0.2) is 0 Å². The van der Waals surface area contributed by atoms with Gasteiger partial charge in [-0.1, -0.05) is 163 Å². The molecule has 4 aromatic carbocycles. The first-order chi connectivity index (χ1) is 20.1. The minimum atomic E-state index is -2.76. The normalized spacial score (nSPS) is 13.0. The summed E-state index contributed by atoms with van der Waals surface area (Å²) in [6, 6.07) is 44.7. The summed E-state index contributed by atoms with van der Waals surface area (Å²) in [5.41, 5.74) is 0.584. The summed E-state index contributed by atoms with van der Waals surface area (Å²) < 4.78 is 14.1. The van der Waals surface area contributed by atoms with Crippen molar-refractivity contribution in [2.45, 2.75) is 51.6 Å². The van der Waals surface area contributed by atoms with E-state index < -0.39 is 16.6 Å². The van der Waals surface area contributed by atoms with Gasteiger partial charge in [0.1, 0.15) is 0 Å². The maximum absolute atomic E-state index is 10.3. The number of hydrogen-bond donors (Lipinski definition) is 0. The molecule has 42 heavy (non-hydrogen) atoms. The fraction of sp³-hybridized carbons (Fsp3) is 0.270. The van der Waals surface area contributed by atoms with Gasteiger partial charge in [-0.25, -0.2) is 0 Å². The Bertz CT molecular complexity index is 1410. The van der Waals surface area contributed by atoms with E-state index in [2.05, 4.69) is 145 Å². The van der Waals surface area contributed by atoms with Crippen molar-refractivity contribution < 1.29 is 8.85 Å². The van der Waals surface area contributed by atoms with E-state index in [-0.39, 0.29) is 16.7 Å². The van der Waals surface area contributed by atoms with Gasteiger partial charge in [0.25, 0.3) is 16.6 Å². The van der Waals surface area contributed by atoms with Crippen molar-refractivity contribution in [3.8, 4) is 6.07 Å². The van der Waals surface area contributed by atoms with Crippen LogP contribution in [0.2, 0.25) is 10.1 Å². The van der Waals surface area contributed by atoms with Crippen LogP contribution in [0.15, 0.2) is 133 Å². The van der Waals surface area contributed by atoms with Crippen LogP contribution in [0.3, 0.4) is 0 Å². The second-order valence-corrected chi connectivity index (χ2v) is 21.4. The molecule has 0 aliphatic rings. The summed E-state index contributed by atoms with van der Waals surface area (Å²) in [6.45, 7) is 14.1. The molecule has 5 heteroatoms. The third-order valence-electron chi connectivity index (χ3n) is 8.05. The van der Waals surface area contributed by atoms with Crippen LogP contribution in [-0.2, 0) is 8.85 Å². The Labute approximate surface area is 254 Å². The molecule has 0 saturated carbocycles. The number of nitriles is 1. The zero-order chi connectivity index (χ0) is 30.3. The van der Waals surface area contributed by atoms with Crippen LogP contribution in [0.1, 0.15) is 41.5 Å². The van der Waals surface area contributed by atoms with Gasteiger partial charge in [0, 0.05) is 0 Å². The molecule has 4 aromatic rings. The standard InChI is InChI=1S/C37H43NO2Si2/c1-36(2,3)41(32-19-11-7-12-20-32,33-21-13-8-14-22-33)39-28-27-31(29-38)30-40-42(37(4,5)6,34-23-15-9-16-24-34)35-25-17-10-18-26-35/h7-27H,28,30H2,1-6H3/b31-27+. The van der Waals surface area contributed by atoms with E-state index >= 15 is 0 Å². The predicted molar refractivity (Wildman–Crippen MR) is 181 cm³/mol. The van der Waals surface area contributed by atoms with Crippen molar-refractivity contribution in [1.82, 2.24) is 0 Å². The first-order valence-corrected chi connectivity index (χ1v) is 18.5. The Morgan fingerprint density at radius 1 is 0.571 bits per heavy atom. The van der Waals surface area contributed by atoms with Gasteiger partial charge < -0.3 is 8.85 Å². The molecule has 0 fully saturated rings. The molecule has 0 aliphatic heterocycles. The second-order valence-electron chi connectivity index (χ2n) is 12.8. The summed E-state index contributed by atoms with van der Waals surface area (Å²) in [7, 11) is -5.47. The van der Waals surface area contributed by atoms with E-state index in [1.165, 1.54) is 20.7 Å². The van der Waals surface area contributed by atoms with Gasteiger partial charge in [-0.05, 0) is 36.9 Å². The molecular weight excluding hydrogens is 547 g/mol. The van der Waals surface area contributed by atoms with E-state index in [1.807, 2.05) is 30.3 Å². The van der Waals surface area contributed by atoms with Crippen LogP contribution in [0.25, 0.3) is 0 Å². The van der Waals surface area contributed by atoms with Gasteiger partial charge in [-0.2, -0.15) is 5.26 Å². The average molecular weight is 590 g/mol. The second kappa shape index (κ2) is 13.2. The van der Waals surface area contributed by atoms with Crippen LogP contribution >= 0.6 is 0 Å². The number of hydrogen-bond acceptors (Lipinski definition) is 3.